The molecule has 0 radical (unpaired) electrons. The Hall–Kier alpha value is -3.28. The van der Waals surface area contributed by atoms with E-state index in [1.54, 1.807) is 6.07 Å². The molecule has 150 valence electrons. The van der Waals surface area contributed by atoms with Crippen LogP contribution in [0, 0.1) is 11.3 Å². The van der Waals surface area contributed by atoms with E-state index >= 15 is 0 Å². The number of nitrogens with one attached hydrogen (secondary N) is 1. The number of fused-ring (bicyclic) bond motifs is 1. The number of nitriles is 1. The Balaban J connectivity index is 2.01. The lowest BCUT2D eigenvalue weighted by Crippen LogP contribution is -2.19. The second-order valence-corrected chi connectivity index (χ2v) is 7.11. The molecule has 0 unspecified atom stereocenters. The maximum atomic E-state index is 13.4. The van der Waals surface area contributed by atoms with E-state index in [9.17, 15) is 23.2 Å². The Bertz CT molecular complexity index is 1400. The third kappa shape index (κ3) is 3.22. The topological polar surface area (TPSA) is 74.0 Å². The van der Waals surface area contributed by atoms with E-state index in [-0.39, 0.29) is 33.1 Å². The van der Waals surface area contributed by atoms with E-state index in [4.69, 9.17) is 23.2 Å². The van der Waals surface area contributed by atoms with Gasteiger partial charge in [0.05, 0.1) is 16.1 Å². The first-order valence-electron chi connectivity index (χ1n) is 8.39. The smallest absolute Gasteiger partial charge is 0.345 e. The lowest BCUT2D eigenvalue weighted by molar-refractivity contribution is -0.137. The molecule has 0 aliphatic heterocycles. The van der Waals surface area contributed by atoms with Crippen LogP contribution in [0.2, 0.25) is 10.0 Å². The summed E-state index contributed by atoms with van der Waals surface area (Å²) < 4.78 is 41.1. The predicted octanol–water partition coefficient (Wildman–Crippen LogP) is 5.55. The molecule has 10 heteroatoms. The van der Waals surface area contributed by atoms with Crippen molar-refractivity contribution in [1.29, 1.82) is 5.26 Å². The Labute approximate surface area is 176 Å². The minimum atomic E-state index is -4.65. The molecule has 0 amide bonds. The summed E-state index contributed by atoms with van der Waals surface area (Å²) in [4.78, 5) is 15.7. The number of alkyl halides is 3. The van der Waals surface area contributed by atoms with E-state index < -0.39 is 17.3 Å². The van der Waals surface area contributed by atoms with Crippen molar-refractivity contribution in [2.24, 2.45) is 0 Å². The van der Waals surface area contributed by atoms with Gasteiger partial charge in [0.1, 0.15) is 17.3 Å². The standard InChI is InChI=1S/C20H9Cl2F3N4O/c21-10-5-6-12(16(22)7-10)17-13(8-26)18-27-9-14(19(30)29(18)28-17)11-3-1-2-4-15(11)20(23,24)25/h1-7,9,27H. The summed E-state index contributed by atoms with van der Waals surface area (Å²) in [7, 11) is 0. The van der Waals surface area contributed by atoms with Crippen LogP contribution in [-0.2, 0) is 6.18 Å². The van der Waals surface area contributed by atoms with Crippen LogP contribution in [0.4, 0.5) is 13.2 Å². The molecule has 30 heavy (non-hydrogen) atoms. The quantitative estimate of drug-likeness (QED) is 0.436. The van der Waals surface area contributed by atoms with E-state index in [0.717, 1.165) is 16.8 Å². The highest BCUT2D eigenvalue weighted by Gasteiger charge is 2.34. The number of rotatable bonds is 2. The fourth-order valence-corrected chi connectivity index (χ4v) is 3.65. The van der Waals surface area contributed by atoms with Crippen molar-refractivity contribution in [3.63, 3.8) is 0 Å². The van der Waals surface area contributed by atoms with Crippen LogP contribution in [0.25, 0.3) is 28.0 Å². The van der Waals surface area contributed by atoms with Gasteiger partial charge in [-0.3, -0.25) is 4.79 Å². The van der Waals surface area contributed by atoms with E-state index in [0.29, 0.717) is 10.6 Å². The van der Waals surface area contributed by atoms with Crippen LogP contribution in [0.3, 0.4) is 0 Å². The third-order valence-corrected chi connectivity index (χ3v) is 5.03. The molecular formula is C20H9Cl2F3N4O. The molecule has 0 saturated heterocycles. The molecule has 0 bridgehead atoms. The Morgan fingerprint density at radius 1 is 1.07 bits per heavy atom. The van der Waals surface area contributed by atoms with Gasteiger partial charge in [-0.05, 0) is 24.3 Å². The van der Waals surface area contributed by atoms with Gasteiger partial charge in [0, 0.05) is 22.3 Å². The van der Waals surface area contributed by atoms with Gasteiger partial charge < -0.3 is 4.98 Å². The summed E-state index contributed by atoms with van der Waals surface area (Å²) in [5.41, 5.74) is -1.79. The van der Waals surface area contributed by atoms with Crippen molar-refractivity contribution in [2.45, 2.75) is 6.18 Å². The van der Waals surface area contributed by atoms with Gasteiger partial charge in [0.2, 0.25) is 0 Å². The number of aromatic nitrogens is 3. The summed E-state index contributed by atoms with van der Waals surface area (Å²) in [6.45, 7) is 0. The molecule has 0 aliphatic rings. The van der Waals surface area contributed by atoms with Crippen LogP contribution in [0.5, 0.6) is 0 Å². The van der Waals surface area contributed by atoms with Gasteiger partial charge in [-0.2, -0.15) is 28.0 Å². The first-order chi connectivity index (χ1) is 14.2. The molecule has 0 fully saturated rings. The lowest BCUT2D eigenvalue weighted by Gasteiger charge is -2.12. The fraction of sp³-hybridized carbons (Fsp3) is 0.0500. The second-order valence-electron chi connectivity index (χ2n) is 6.27. The summed E-state index contributed by atoms with van der Waals surface area (Å²) in [5, 5.41) is 14.3. The molecule has 0 saturated carbocycles. The minimum Gasteiger partial charge on any atom is -0.345 e. The average Bonchev–Trinajstić information content (AvgIpc) is 3.07. The van der Waals surface area contributed by atoms with Gasteiger partial charge >= 0.3 is 6.18 Å². The molecule has 2 aromatic carbocycles. The molecule has 0 atom stereocenters. The SMILES string of the molecule is N#Cc1c(-c2ccc(Cl)cc2Cl)nn2c(=O)c(-c3ccccc3C(F)(F)F)c[nH]c12. The van der Waals surface area contributed by atoms with E-state index in [1.165, 1.54) is 30.3 Å². The van der Waals surface area contributed by atoms with Gasteiger partial charge in [-0.15, -0.1) is 0 Å². The first kappa shape index (κ1) is 20.0. The zero-order chi connectivity index (χ0) is 21.6. The Morgan fingerprint density at radius 3 is 2.47 bits per heavy atom. The number of hydrogen-bond donors (Lipinski definition) is 1. The molecule has 5 nitrogen and oxygen atoms in total. The highest BCUT2D eigenvalue weighted by atomic mass is 35.5. The summed E-state index contributed by atoms with van der Waals surface area (Å²) in [6.07, 6.45) is -3.51. The average molecular weight is 449 g/mol. The molecule has 1 N–H and O–H groups in total. The van der Waals surface area contributed by atoms with Crippen molar-refractivity contribution in [3.05, 3.63) is 80.2 Å². The molecule has 0 aliphatic carbocycles. The van der Waals surface area contributed by atoms with Crippen molar-refractivity contribution < 1.29 is 13.2 Å². The number of halogens is 5. The number of aromatic amines is 1. The largest absolute Gasteiger partial charge is 0.417 e. The summed E-state index contributed by atoms with van der Waals surface area (Å²) in [6, 6.07) is 11.2. The van der Waals surface area contributed by atoms with Crippen molar-refractivity contribution in [1.82, 2.24) is 14.6 Å². The maximum absolute atomic E-state index is 13.4. The first-order valence-corrected chi connectivity index (χ1v) is 9.14. The third-order valence-electron chi connectivity index (χ3n) is 4.48. The van der Waals surface area contributed by atoms with Gasteiger partial charge in [0.15, 0.2) is 5.65 Å². The molecular weight excluding hydrogens is 440 g/mol. The highest BCUT2D eigenvalue weighted by Crippen LogP contribution is 2.36. The van der Waals surface area contributed by atoms with Gasteiger partial charge in [-0.1, -0.05) is 41.4 Å². The van der Waals surface area contributed by atoms with Crippen molar-refractivity contribution in [2.75, 3.05) is 0 Å². The zero-order valence-corrected chi connectivity index (χ0v) is 16.3. The monoisotopic (exact) mass is 448 g/mol. The predicted molar refractivity (Wildman–Crippen MR) is 106 cm³/mol. The van der Waals surface area contributed by atoms with Crippen LogP contribution in [0.1, 0.15) is 11.1 Å². The van der Waals surface area contributed by atoms with Crippen LogP contribution < -0.4 is 5.56 Å². The number of benzene rings is 2. The fourth-order valence-electron chi connectivity index (χ4n) is 3.15. The van der Waals surface area contributed by atoms with Crippen LogP contribution in [-0.4, -0.2) is 14.6 Å². The highest BCUT2D eigenvalue weighted by molar-refractivity contribution is 6.36. The number of nitrogens with zero attached hydrogens (tertiary/aromatic N) is 3. The van der Waals surface area contributed by atoms with Crippen LogP contribution >= 0.6 is 23.2 Å². The van der Waals surface area contributed by atoms with E-state index in [1.807, 2.05) is 6.07 Å². The van der Waals surface area contributed by atoms with Crippen LogP contribution in [0.15, 0.2) is 53.5 Å². The minimum absolute atomic E-state index is 0.0204. The van der Waals surface area contributed by atoms with Crippen molar-refractivity contribution >= 4 is 28.8 Å². The lowest BCUT2D eigenvalue weighted by atomic mass is 10.0. The number of H-pyrrole nitrogens is 1. The van der Waals surface area contributed by atoms with Gasteiger partial charge in [0.25, 0.3) is 5.56 Å². The molecule has 2 heterocycles. The molecule has 2 aromatic heterocycles. The molecule has 0 spiro atoms. The normalized spacial score (nSPS) is 11.6. The van der Waals surface area contributed by atoms with Gasteiger partial charge in [-0.25, -0.2) is 0 Å². The Kier molecular flexibility index (Phi) is 4.80. The van der Waals surface area contributed by atoms with E-state index in [2.05, 4.69) is 10.1 Å². The second kappa shape index (κ2) is 7.20. The number of hydrogen-bond acceptors (Lipinski definition) is 3. The van der Waals surface area contributed by atoms with Crippen molar-refractivity contribution in [3.8, 4) is 28.5 Å². The zero-order valence-electron chi connectivity index (χ0n) is 14.8. The maximum Gasteiger partial charge on any atom is 0.417 e. The molecule has 4 rings (SSSR count). The Morgan fingerprint density at radius 2 is 1.80 bits per heavy atom. The summed E-state index contributed by atoms with van der Waals surface area (Å²) >= 11 is 12.1. The molecule has 4 aromatic rings. The summed E-state index contributed by atoms with van der Waals surface area (Å²) in [5.74, 6) is 0.